The molecule has 0 radical (unpaired) electrons. The highest BCUT2D eigenvalue weighted by Crippen LogP contribution is 2.52. The van der Waals surface area contributed by atoms with Crippen molar-refractivity contribution in [2.24, 2.45) is 0 Å². The van der Waals surface area contributed by atoms with E-state index >= 15 is 0 Å². The van der Waals surface area contributed by atoms with Crippen LogP contribution in [0.3, 0.4) is 0 Å². The van der Waals surface area contributed by atoms with Crippen LogP contribution >= 0.6 is 0 Å². The second-order valence-corrected chi connectivity index (χ2v) is 9.77. The van der Waals surface area contributed by atoms with E-state index in [0.717, 1.165) is 16.7 Å². The van der Waals surface area contributed by atoms with Crippen molar-refractivity contribution >= 4 is 28.5 Å². The van der Waals surface area contributed by atoms with Crippen molar-refractivity contribution in [1.82, 2.24) is 4.90 Å². The van der Waals surface area contributed by atoms with Crippen molar-refractivity contribution < 1.29 is 18.4 Å². The molecule has 2 aliphatic rings. The minimum atomic E-state index is -1.63. The molecular formula is C30H25FN2O4. The molecule has 1 unspecified atom stereocenters. The van der Waals surface area contributed by atoms with E-state index in [0.29, 0.717) is 28.6 Å². The van der Waals surface area contributed by atoms with Gasteiger partial charge in [-0.15, -0.1) is 0 Å². The Morgan fingerprint density at radius 3 is 2.38 bits per heavy atom. The van der Waals surface area contributed by atoms with Gasteiger partial charge in [0, 0.05) is 12.1 Å². The number of nitrogens with zero attached hydrogens (tertiary/aromatic N) is 2. The van der Waals surface area contributed by atoms with Gasteiger partial charge in [-0.05, 0) is 67.3 Å². The van der Waals surface area contributed by atoms with E-state index in [1.165, 1.54) is 17.0 Å². The lowest BCUT2D eigenvalue weighted by molar-refractivity contribution is -0.126. The van der Waals surface area contributed by atoms with Gasteiger partial charge in [-0.3, -0.25) is 14.4 Å². The van der Waals surface area contributed by atoms with E-state index in [9.17, 15) is 18.8 Å². The summed E-state index contributed by atoms with van der Waals surface area (Å²) in [6, 6.07) is 16.7. The van der Waals surface area contributed by atoms with Gasteiger partial charge >= 0.3 is 0 Å². The van der Waals surface area contributed by atoms with E-state index in [-0.39, 0.29) is 35.7 Å². The van der Waals surface area contributed by atoms with Crippen molar-refractivity contribution in [3.05, 3.63) is 110 Å². The first-order valence-corrected chi connectivity index (χ1v) is 12.4. The van der Waals surface area contributed by atoms with Gasteiger partial charge in [-0.25, -0.2) is 4.39 Å². The first-order chi connectivity index (χ1) is 17.8. The zero-order valence-electron chi connectivity index (χ0n) is 20.8. The van der Waals surface area contributed by atoms with Crippen LogP contribution in [0.2, 0.25) is 0 Å². The van der Waals surface area contributed by atoms with Crippen molar-refractivity contribution in [2.75, 3.05) is 11.4 Å². The third-order valence-electron chi connectivity index (χ3n) is 7.55. The fourth-order valence-electron chi connectivity index (χ4n) is 5.70. The SMILES string of the molecule is CCCN1C(=O)c2oc3cc(C)c(C)cc3c(=O)c2C12C(=O)N(Cc1ccc(F)cc1)c1ccccc12. The van der Waals surface area contributed by atoms with Gasteiger partial charge in [0.25, 0.3) is 11.8 Å². The maximum atomic E-state index is 14.5. The number of rotatable bonds is 4. The lowest BCUT2D eigenvalue weighted by Crippen LogP contribution is -2.53. The number of halogens is 1. The Morgan fingerprint density at radius 1 is 0.946 bits per heavy atom. The van der Waals surface area contributed by atoms with Gasteiger partial charge < -0.3 is 14.2 Å². The highest BCUT2D eigenvalue weighted by atomic mass is 19.1. The van der Waals surface area contributed by atoms with Crippen molar-refractivity contribution in [3.8, 4) is 0 Å². The van der Waals surface area contributed by atoms with E-state index in [1.807, 2.05) is 32.9 Å². The molecule has 2 aliphatic heterocycles. The molecular weight excluding hydrogens is 471 g/mol. The largest absolute Gasteiger partial charge is 0.450 e. The van der Waals surface area contributed by atoms with E-state index in [2.05, 4.69) is 0 Å². The third kappa shape index (κ3) is 3.06. The number of para-hydroxylation sites is 1. The van der Waals surface area contributed by atoms with Gasteiger partial charge in [0.2, 0.25) is 5.76 Å². The summed E-state index contributed by atoms with van der Waals surface area (Å²) in [5.41, 5.74) is 2.15. The van der Waals surface area contributed by atoms with Crippen molar-refractivity contribution in [3.63, 3.8) is 0 Å². The van der Waals surface area contributed by atoms with Crippen LogP contribution in [0, 0.1) is 19.7 Å². The monoisotopic (exact) mass is 496 g/mol. The van der Waals surface area contributed by atoms with E-state index in [1.54, 1.807) is 41.3 Å². The van der Waals surface area contributed by atoms with Gasteiger partial charge in [-0.2, -0.15) is 0 Å². The van der Waals surface area contributed by atoms with E-state index in [4.69, 9.17) is 4.42 Å². The summed E-state index contributed by atoms with van der Waals surface area (Å²) in [5, 5.41) is 0.342. The zero-order chi connectivity index (χ0) is 26.1. The van der Waals surface area contributed by atoms with Gasteiger partial charge in [-0.1, -0.05) is 37.3 Å². The Balaban J connectivity index is 1.65. The van der Waals surface area contributed by atoms with Gasteiger partial charge in [0.05, 0.1) is 23.2 Å². The molecule has 1 aromatic heterocycles. The molecule has 4 aromatic rings. The molecule has 1 atom stereocenters. The number of hydrogen-bond acceptors (Lipinski definition) is 4. The van der Waals surface area contributed by atoms with Crippen LogP contribution in [0.15, 0.2) is 69.9 Å². The molecule has 3 heterocycles. The minimum Gasteiger partial charge on any atom is -0.450 e. The number of anilines is 1. The number of fused-ring (bicyclic) bond motifs is 5. The van der Waals surface area contributed by atoms with Crippen molar-refractivity contribution in [2.45, 2.75) is 39.3 Å². The Labute approximate surface area is 212 Å². The summed E-state index contributed by atoms with van der Waals surface area (Å²) in [6.45, 7) is 6.18. The molecule has 0 aliphatic carbocycles. The molecule has 1 spiro atoms. The van der Waals surface area contributed by atoms with Crippen LogP contribution in [0.5, 0.6) is 0 Å². The fraction of sp³-hybridized carbons (Fsp3) is 0.233. The Bertz CT molecular complexity index is 1670. The smallest absolute Gasteiger partial charge is 0.291 e. The second-order valence-electron chi connectivity index (χ2n) is 9.77. The highest BCUT2D eigenvalue weighted by Gasteiger charge is 2.64. The molecule has 6 nitrogen and oxygen atoms in total. The van der Waals surface area contributed by atoms with Crippen molar-refractivity contribution in [1.29, 1.82) is 0 Å². The lowest BCUT2D eigenvalue weighted by atomic mass is 9.83. The van der Waals surface area contributed by atoms with Gasteiger partial charge in [0.15, 0.2) is 11.0 Å². The molecule has 6 rings (SSSR count). The van der Waals surface area contributed by atoms with Crippen LogP contribution in [0.1, 0.15) is 51.7 Å². The number of carbonyl (C=O) groups excluding carboxylic acids is 2. The molecule has 3 aromatic carbocycles. The molecule has 0 saturated heterocycles. The molecule has 7 heteroatoms. The topological polar surface area (TPSA) is 70.8 Å². The molecule has 0 bridgehead atoms. The summed E-state index contributed by atoms with van der Waals surface area (Å²) in [6.07, 6.45) is 0.584. The van der Waals surface area contributed by atoms with E-state index < -0.39 is 17.4 Å². The van der Waals surface area contributed by atoms with Crippen LogP contribution in [0.4, 0.5) is 10.1 Å². The summed E-state index contributed by atoms with van der Waals surface area (Å²) in [7, 11) is 0. The molecule has 0 fully saturated rings. The Kier molecular flexibility index (Phi) is 5.09. The predicted molar refractivity (Wildman–Crippen MR) is 138 cm³/mol. The number of amides is 2. The normalized spacial score (nSPS) is 18.3. The van der Waals surface area contributed by atoms with Gasteiger partial charge in [0.1, 0.15) is 11.4 Å². The second kappa shape index (κ2) is 8.13. The van der Waals surface area contributed by atoms with Crippen LogP contribution in [0.25, 0.3) is 11.0 Å². The Hall–Kier alpha value is -4.26. The molecule has 0 saturated carbocycles. The number of aryl methyl sites for hydroxylation is 2. The summed E-state index contributed by atoms with van der Waals surface area (Å²) in [5.74, 6) is -1.32. The maximum absolute atomic E-state index is 14.5. The number of carbonyl (C=O) groups is 2. The standard InChI is InChI=1S/C30H25FN2O4/c1-4-13-33-28(35)27-25(26(34)21-14-17(2)18(3)15-24(21)37-27)30(33)22-7-5-6-8-23(22)32(29(30)36)16-19-9-11-20(31)12-10-19/h5-12,14-15H,4,13,16H2,1-3H3. The summed E-state index contributed by atoms with van der Waals surface area (Å²) < 4.78 is 19.7. The Morgan fingerprint density at radius 2 is 1.65 bits per heavy atom. The quantitative estimate of drug-likeness (QED) is 0.389. The zero-order valence-corrected chi connectivity index (χ0v) is 20.8. The summed E-state index contributed by atoms with van der Waals surface area (Å²) in [4.78, 5) is 45.6. The first-order valence-electron chi connectivity index (χ1n) is 12.4. The number of benzene rings is 3. The first kappa shape index (κ1) is 23.2. The number of hydrogen-bond donors (Lipinski definition) is 0. The molecule has 186 valence electrons. The molecule has 37 heavy (non-hydrogen) atoms. The predicted octanol–water partition coefficient (Wildman–Crippen LogP) is 5.21. The maximum Gasteiger partial charge on any atom is 0.291 e. The van der Waals surface area contributed by atoms with Crippen LogP contribution < -0.4 is 10.3 Å². The summed E-state index contributed by atoms with van der Waals surface area (Å²) >= 11 is 0. The van der Waals surface area contributed by atoms with Crippen LogP contribution in [-0.4, -0.2) is 23.3 Å². The van der Waals surface area contributed by atoms with Crippen LogP contribution in [-0.2, 0) is 16.9 Å². The average molecular weight is 497 g/mol. The highest BCUT2D eigenvalue weighted by molar-refractivity contribution is 6.17. The fourth-order valence-corrected chi connectivity index (χ4v) is 5.70. The minimum absolute atomic E-state index is 0.0701. The lowest BCUT2D eigenvalue weighted by Gasteiger charge is -2.34. The average Bonchev–Trinajstić information content (AvgIpc) is 3.27. The third-order valence-corrected chi connectivity index (χ3v) is 7.55. The molecule has 0 N–H and O–H groups in total. The molecule has 2 amide bonds.